The molecule has 3 atom stereocenters. The molecule has 0 radical (unpaired) electrons. The van der Waals surface area contributed by atoms with Crippen molar-refractivity contribution >= 4 is 5.91 Å². The van der Waals surface area contributed by atoms with E-state index in [-0.39, 0.29) is 19.1 Å². The Bertz CT molecular complexity index is 947. The first kappa shape index (κ1) is 24.6. The molecule has 1 N–H and O–H groups in total. The summed E-state index contributed by atoms with van der Waals surface area (Å²) < 4.78 is 12.0. The number of carbonyl (C=O) groups excluding carboxylic acids is 1. The Morgan fingerprint density at radius 3 is 1.70 bits per heavy atom. The molecule has 0 fully saturated rings. The van der Waals surface area contributed by atoms with Gasteiger partial charge in [-0.2, -0.15) is 0 Å². The second kappa shape index (κ2) is 12.9. The predicted octanol–water partition coefficient (Wildman–Crippen LogP) is 4.47. The minimum Gasteiger partial charge on any atom is -0.388 e. The van der Waals surface area contributed by atoms with E-state index in [9.17, 15) is 9.90 Å². The van der Waals surface area contributed by atoms with Crippen LogP contribution in [0.1, 0.15) is 22.8 Å². The van der Waals surface area contributed by atoms with Crippen LogP contribution in [0.2, 0.25) is 0 Å². The highest BCUT2D eigenvalue weighted by molar-refractivity contribution is 5.78. The maximum Gasteiger partial charge on any atom is 0.227 e. The van der Waals surface area contributed by atoms with Gasteiger partial charge in [0.1, 0.15) is 0 Å². The lowest BCUT2D eigenvalue weighted by Gasteiger charge is -2.32. The molecule has 33 heavy (non-hydrogen) atoms. The van der Waals surface area contributed by atoms with Gasteiger partial charge in [0.2, 0.25) is 5.91 Å². The first-order chi connectivity index (χ1) is 16.1. The fourth-order valence-corrected chi connectivity index (χ4v) is 3.80. The van der Waals surface area contributed by atoms with E-state index in [1.807, 2.05) is 91.0 Å². The van der Waals surface area contributed by atoms with Gasteiger partial charge < -0.3 is 19.5 Å². The molecule has 0 unspecified atom stereocenters. The standard InChI is InChI=1S/C28H33NO4/c1-29(2)28(31)26(21-33-19-23-14-8-4-9-15-23)25(27(30)24-16-10-5-11-17-24)20-32-18-22-12-6-3-7-13-22/h3-17,25-27,30H,18-21H2,1-2H3/t25-,26-,27-/m1/s1. The Morgan fingerprint density at radius 2 is 1.21 bits per heavy atom. The van der Waals surface area contributed by atoms with Crippen molar-refractivity contribution in [3.05, 3.63) is 108 Å². The van der Waals surface area contributed by atoms with Crippen molar-refractivity contribution in [2.75, 3.05) is 27.3 Å². The highest BCUT2D eigenvalue weighted by Gasteiger charge is 2.35. The van der Waals surface area contributed by atoms with Gasteiger partial charge in [0.25, 0.3) is 0 Å². The number of hydrogen-bond donors (Lipinski definition) is 1. The molecule has 0 aliphatic rings. The van der Waals surface area contributed by atoms with Gasteiger partial charge in [-0.1, -0.05) is 91.0 Å². The van der Waals surface area contributed by atoms with Gasteiger partial charge in [-0.15, -0.1) is 0 Å². The minimum absolute atomic E-state index is 0.0913. The number of carbonyl (C=O) groups is 1. The van der Waals surface area contributed by atoms with Crippen LogP contribution < -0.4 is 0 Å². The minimum atomic E-state index is -0.865. The summed E-state index contributed by atoms with van der Waals surface area (Å²) in [6.45, 7) is 1.22. The molecule has 5 heteroatoms. The summed E-state index contributed by atoms with van der Waals surface area (Å²) >= 11 is 0. The lowest BCUT2D eigenvalue weighted by atomic mass is 9.84. The lowest BCUT2D eigenvalue weighted by molar-refractivity contribution is -0.142. The first-order valence-electron chi connectivity index (χ1n) is 11.2. The molecule has 174 valence electrons. The summed E-state index contributed by atoms with van der Waals surface area (Å²) in [6, 6.07) is 29.1. The summed E-state index contributed by atoms with van der Waals surface area (Å²) in [7, 11) is 3.45. The van der Waals surface area contributed by atoms with Crippen molar-refractivity contribution in [3.8, 4) is 0 Å². The normalized spacial score (nSPS) is 13.8. The fourth-order valence-electron chi connectivity index (χ4n) is 3.80. The molecule has 0 spiro atoms. The second-order valence-corrected chi connectivity index (χ2v) is 8.36. The van der Waals surface area contributed by atoms with Crippen LogP contribution in [0.25, 0.3) is 0 Å². The zero-order valence-electron chi connectivity index (χ0n) is 19.3. The number of hydrogen-bond acceptors (Lipinski definition) is 4. The highest BCUT2D eigenvalue weighted by Crippen LogP contribution is 2.30. The highest BCUT2D eigenvalue weighted by atomic mass is 16.5. The number of aliphatic hydroxyl groups is 1. The molecular weight excluding hydrogens is 414 g/mol. The van der Waals surface area contributed by atoms with E-state index in [0.717, 1.165) is 16.7 Å². The van der Waals surface area contributed by atoms with Crippen LogP contribution in [0.15, 0.2) is 91.0 Å². The largest absolute Gasteiger partial charge is 0.388 e. The van der Waals surface area contributed by atoms with Crippen LogP contribution in [0.5, 0.6) is 0 Å². The monoisotopic (exact) mass is 447 g/mol. The predicted molar refractivity (Wildman–Crippen MR) is 129 cm³/mol. The van der Waals surface area contributed by atoms with Crippen LogP contribution in [-0.2, 0) is 27.5 Å². The van der Waals surface area contributed by atoms with Crippen LogP contribution in [0, 0.1) is 11.8 Å². The first-order valence-corrected chi connectivity index (χ1v) is 11.2. The zero-order chi connectivity index (χ0) is 23.5. The summed E-state index contributed by atoms with van der Waals surface area (Å²) in [6.07, 6.45) is -0.865. The molecule has 3 rings (SSSR count). The van der Waals surface area contributed by atoms with Gasteiger partial charge in [-0.25, -0.2) is 0 Å². The molecule has 3 aromatic carbocycles. The molecule has 0 heterocycles. The SMILES string of the molecule is CN(C)C(=O)[C@H](COCc1ccccc1)[C@@H](COCc1ccccc1)[C@H](O)c1ccccc1. The third kappa shape index (κ3) is 7.53. The maximum absolute atomic E-state index is 13.2. The van der Waals surface area contributed by atoms with Gasteiger partial charge in [0.15, 0.2) is 0 Å². The van der Waals surface area contributed by atoms with E-state index >= 15 is 0 Å². The molecule has 0 saturated carbocycles. The van der Waals surface area contributed by atoms with Crippen LogP contribution in [0.3, 0.4) is 0 Å². The number of rotatable bonds is 12. The van der Waals surface area contributed by atoms with Crippen molar-refractivity contribution in [1.82, 2.24) is 4.90 Å². The Morgan fingerprint density at radius 1 is 0.758 bits per heavy atom. The molecule has 0 aliphatic heterocycles. The molecule has 0 aromatic heterocycles. The van der Waals surface area contributed by atoms with Crippen molar-refractivity contribution < 1.29 is 19.4 Å². The van der Waals surface area contributed by atoms with Gasteiger partial charge in [0, 0.05) is 20.0 Å². The van der Waals surface area contributed by atoms with Crippen molar-refractivity contribution in [2.45, 2.75) is 19.3 Å². The zero-order valence-corrected chi connectivity index (χ0v) is 19.3. The van der Waals surface area contributed by atoms with Crippen LogP contribution in [-0.4, -0.2) is 43.2 Å². The number of benzene rings is 3. The molecule has 0 saturated heterocycles. The second-order valence-electron chi connectivity index (χ2n) is 8.36. The Labute approximate surface area is 196 Å². The van der Waals surface area contributed by atoms with Crippen LogP contribution >= 0.6 is 0 Å². The van der Waals surface area contributed by atoms with Crippen molar-refractivity contribution in [3.63, 3.8) is 0 Å². The van der Waals surface area contributed by atoms with E-state index in [1.54, 1.807) is 19.0 Å². The number of nitrogens with zero attached hydrogens (tertiary/aromatic N) is 1. The van der Waals surface area contributed by atoms with Crippen LogP contribution in [0.4, 0.5) is 0 Å². The van der Waals surface area contributed by atoms with E-state index in [4.69, 9.17) is 9.47 Å². The Balaban J connectivity index is 1.77. The average Bonchev–Trinajstić information content (AvgIpc) is 2.86. The Kier molecular flexibility index (Phi) is 9.63. The summed E-state index contributed by atoms with van der Waals surface area (Å²) in [5.41, 5.74) is 2.83. The van der Waals surface area contributed by atoms with Gasteiger partial charge in [0.05, 0.1) is 38.4 Å². The molecule has 3 aromatic rings. The van der Waals surface area contributed by atoms with Crippen molar-refractivity contribution in [2.24, 2.45) is 11.8 Å². The van der Waals surface area contributed by atoms with E-state index < -0.39 is 17.9 Å². The third-order valence-electron chi connectivity index (χ3n) is 5.65. The molecule has 0 aliphatic carbocycles. The summed E-state index contributed by atoms with van der Waals surface area (Å²) in [4.78, 5) is 14.7. The molecular formula is C28H33NO4. The topological polar surface area (TPSA) is 59.0 Å². The quantitative estimate of drug-likeness (QED) is 0.445. The lowest BCUT2D eigenvalue weighted by Crippen LogP contribution is -2.41. The van der Waals surface area contributed by atoms with E-state index in [1.165, 1.54) is 0 Å². The molecule has 0 bridgehead atoms. The van der Waals surface area contributed by atoms with E-state index in [2.05, 4.69) is 0 Å². The maximum atomic E-state index is 13.2. The van der Waals surface area contributed by atoms with Crippen molar-refractivity contribution in [1.29, 1.82) is 0 Å². The molecule has 5 nitrogen and oxygen atoms in total. The summed E-state index contributed by atoms with van der Waals surface area (Å²) in [5.74, 6) is -1.12. The van der Waals surface area contributed by atoms with Gasteiger partial charge in [-0.05, 0) is 16.7 Å². The van der Waals surface area contributed by atoms with Gasteiger partial charge in [-0.3, -0.25) is 4.79 Å². The Hall–Kier alpha value is -2.99. The number of aliphatic hydroxyl groups excluding tert-OH is 1. The average molecular weight is 448 g/mol. The van der Waals surface area contributed by atoms with E-state index in [0.29, 0.717) is 13.2 Å². The number of ether oxygens (including phenoxy) is 2. The molecule has 1 amide bonds. The van der Waals surface area contributed by atoms with Gasteiger partial charge >= 0.3 is 0 Å². The number of amides is 1. The fraction of sp³-hybridized carbons (Fsp3) is 0.321. The summed E-state index contributed by atoms with van der Waals surface area (Å²) in [5, 5.41) is 11.3. The smallest absolute Gasteiger partial charge is 0.227 e. The third-order valence-corrected chi connectivity index (χ3v) is 5.65.